The second-order valence-corrected chi connectivity index (χ2v) is 6.02. The Hall–Kier alpha value is -1.92. The normalized spacial score (nSPS) is 21.6. The summed E-state index contributed by atoms with van der Waals surface area (Å²) in [5.74, 6) is 1.28. The fraction of sp³-hybridized carbons (Fsp3) is 0.667. The van der Waals surface area contributed by atoms with Crippen molar-refractivity contribution >= 4 is 11.9 Å². The van der Waals surface area contributed by atoms with Gasteiger partial charge in [-0.2, -0.15) is 0 Å². The molecule has 1 aliphatic heterocycles. The quantitative estimate of drug-likeness (QED) is 0.668. The molecule has 7 heteroatoms. The van der Waals surface area contributed by atoms with E-state index in [4.69, 9.17) is 5.73 Å². The molecule has 1 saturated heterocycles. The third-order valence-electron chi connectivity index (χ3n) is 4.52. The van der Waals surface area contributed by atoms with Gasteiger partial charge in [-0.25, -0.2) is 14.4 Å². The number of guanidine groups is 1. The van der Waals surface area contributed by atoms with Crippen molar-refractivity contribution in [2.45, 2.75) is 31.4 Å². The summed E-state index contributed by atoms with van der Waals surface area (Å²) in [6.07, 6.45) is 6.34. The van der Waals surface area contributed by atoms with Crippen molar-refractivity contribution in [2.24, 2.45) is 10.7 Å². The number of aromatic nitrogens is 2. The fourth-order valence-electron chi connectivity index (χ4n) is 2.87. The van der Waals surface area contributed by atoms with Crippen molar-refractivity contribution in [3.8, 4) is 0 Å². The maximum atomic E-state index is 13.9. The largest absolute Gasteiger partial charge is 0.370 e. The van der Waals surface area contributed by atoms with Gasteiger partial charge in [0.05, 0.1) is 0 Å². The van der Waals surface area contributed by atoms with Crippen molar-refractivity contribution in [2.75, 3.05) is 37.6 Å². The summed E-state index contributed by atoms with van der Waals surface area (Å²) in [4.78, 5) is 17.0. The topological polar surface area (TPSA) is 70.6 Å². The lowest BCUT2D eigenvalue weighted by Gasteiger charge is -2.35. The van der Waals surface area contributed by atoms with Gasteiger partial charge < -0.3 is 15.5 Å². The molecule has 0 amide bonds. The minimum absolute atomic E-state index is 0.477. The molecule has 2 aliphatic rings. The van der Waals surface area contributed by atoms with Crippen LogP contribution in [-0.4, -0.2) is 59.2 Å². The second-order valence-electron chi connectivity index (χ2n) is 6.02. The average Bonchev–Trinajstić information content (AvgIpc) is 2.54. The van der Waals surface area contributed by atoms with Crippen LogP contribution in [0.15, 0.2) is 23.5 Å². The first kappa shape index (κ1) is 15.0. The van der Waals surface area contributed by atoms with Crippen LogP contribution < -0.4 is 10.6 Å². The fourth-order valence-corrected chi connectivity index (χ4v) is 2.87. The number of nitrogens with zero attached hydrogens (tertiary/aromatic N) is 5. The molecule has 1 saturated carbocycles. The van der Waals surface area contributed by atoms with Gasteiger partial charge in [0.15, 0.2) is 5.96 Å². The van der Waals surface area contributed by atoms with Crippen LogP contribution >= 0.6 is 0 Å². The number of halogens is 1. The van der Waals surface area contributed by atoms with Gasteiger partial charge in [-0.05, 0) is 25.3 Å². The number of piperazine rings is 1. The molecule has 0 radical (unpaired) electrons. The molecule has 0 spiro atoms. The van der Waals surface area contributed by atoms with Gasteiger partial charge in [-0.15, -0.1) is 0 Å². The minimum Gasteiger partial charge on any atom is -0.370 e. The summed E-state index contributed by atoms with van der Waals surface area (Å²) in [5, 5.41) is 0. The summed E-state index contributed by atoms with van der Waals surface area (Å²) in [7, 11) is 0. The van der Waals surface area contributed by atoms with Crippen molar-refractivity contribution in [1.82, 2.24) is 14.9 Å². The number of rotatable bonds is 4. The Bertz CT molecular complexity index is 508. The zero-order valence-corrected chi connectivity index (χ0v) is 12.8. The highest BCUT2D eigenvalue weighted by atomic mass is 19.1. The van der Waals surface area contributed by atoms with E-state index in [-0.39, 0.29) is 0 Å². The number of hydrogen-bond donors (Lipinski definition) is 1. The van der Waals surface area contributed by atoms with Gasteiger partial charge >= 0.3 is 0 Å². The standard InChI is InChI=1S/C15H23FN6/c16-15(3-1-4-15)5-8-18-13(17)21-9-11-22(12-10-21)14-19-6-2-7-20-14/h2,6-7H,1,3-5,8-12H2,(H2,17,18). The van der Waals surface area contributed by atoms with Gasteiger partial charge in [0.2, 0.25) is 5.95 Å². The monoisotopic (exact) mass is 306 g/mol. The molecule has 6 nitrogen and oxygen atoms in total. The lowest BCUT2D eigenvalue weighted by Crippen LogP contribution is -2.51. The highest BCUT2D eigenvalue weighted by Gasteiger charge is 2.36. The van der Waals surface area contributed by atoms with E-state index in [9.17, 15) is 4.39 Å². The average molecular weight is 306 g/mol. The highest BCUT2D eigenvalue weighted by molar-refractivity contribution is 5.78. The van der Waals surface area contributed by atoms with Gasteiger partial charge in [0, 0.05) is 51.5 Å². The Labute approximate surface area is 130 Å². The Morgan fingerprint density at radius 2 is 1.91 bits per heavy atom. The van der Waals surface area contributed by atoms with Crippen LogP contribution in [0.25, 0.3) is 0 Å². The van der Waals surface area contributed by atoms with E-state index in [2.05, 4.69) is 19.9 Å². The molecule has 0 bridgehead atoms. The van der Waals surface area contributed by atoms with Gasteiger partial charge in [-0.1, -0.05) is 0 Å². The Morgan fingerprint density at radius 1 is 1.23 bits per heavy atom. The maximum Gasteiger partial charge on any atom is 0.225 e. The van der Waals surface area contributed by atoms with E-state index >= 15 is 0 Å². The predicted octanol–water partition coefficient (Wildman–Crippen LogP) is 1.20. The Kier molecular flexibility index (Phi) is 4.40. The van der Waals surface area contributed by atoms with Crippen LogP contribution in [0.1, 0.15) is 25.7 Å². The Morgan fingerprint density at radius 3 is 2.50 bits per heavy atom. The van der Waals surface area contributed by atoms with Crippen LogP contribution in [0.2, 0.25) is 0 Å². The maximum absolute atomic E-state index is 13.9. The van der Waals surface area contributed by atoms with E-state index in [1.165, 1.54) is 0 Å². The van der Waals surface area contributed by atoms with Crippen molar-refractivity contribution in [3.05, 3.63) is 18.5 Å². The van der Waals surface area contributed by atoms with Crippen LogP contribution in [-0.2, 0) is 0 Å². The van der Waals surface area contributed by atoms with Crippen molar-refractivity contribution in [3.63, 3.8) is 0 Å². The molecule has 120 valence electrons. The first-order chi connectivity index (χ1) is 10.7. The van der Waals surface area contributed by atoms with Crippen LogP contribution in [0, 0.1) is 0 Å². The number of alkyl halides is 1. The number of nitrogens with two attached hydrogens (primary N) is 1. The molecule has 3 rings (SSSR count). The molecule has 1 aromatic heterocycles. The zero-order chi connectivity index (χ0) is 15.4. The summed E-state index contributed by atoms with van der Waals surface area (Å²) in [6, 6.07) is 1.81. The van der Waals surface area contributed by atoms with Gasteiger partial charge in [0.1, 0.15) is 5.67 Å². The number of hydrogen-bond acceptors (Lipinski definition) is 4. The molecule has 2 fully saturated rings. The van der Waals surface area contributed by atoms with Gasteiger partial charge in [-0.3, -0.25) is 4.99 Å². The van der Waals surface area contributed by atoms with Crippen molar-refractivity contribution < 1.29 is 4.39 Å². The molecular weight excluding hydrogens is 283 g/mol. The molecule has 2 N–H and O–H groups in total. The van der Waals surface area contributed by atoms with E-state index < -0.39 is 5.67 Å². The number of aliphatic imine (C=N–C) groups is 1. The first-order valence-electron chi connectivity index (χ1n) is 7.92. The molecule has 0 unspecified atom stereocenters. The van der Waals surface area contributed by atoms with Gasteiger partial charge in [0.25, 0.3) is 0 Å². The summed E-state index contributed by atoms with van der Waals surface area (Å²) >= 11 is 0. The van der Waals surface area contributed by atoms with Crippen LogP contribution in [0.5, 0.6) is 0 Å². The summed E-state index contributed by atoms with van der Waals surface area (Å²) < 4.78 is 13.9. The Balaban J connectivity index is 1.46. The molecule has 0 aromatic carbocycles. The van der Waals surface area contributed by atoms with Crippen LogP contribution in [0.3, 0.4) is 0 Å². The number of anilines is 1. The third kappa shape index (κ3) is 3.45. The zero-order valence-electron chi connectivity index (χ0n) is 12.8. The molecule has 0 atom stereocenters. The van der Waals surface area contributed by atoms with Crippen molar-refractivity contribution in [1.29, 1.82) is 0 Å². The smallest absolute Gasteiger partial charge is 0.225 e. The molecule has 1 aliphatic carbocycles. The van der Waals surface area contributed by atoms with Crippen LogP contribution in [0.4, 0.5) is 10.3 Å². The SMILES string of the molecule is NC(=NCCC1(F)CCC1)N1CCN(c2ncccn2)CC1. The second kappa shape index (κ2) is 6.46. The highest BCUT2D eigenvalue weighted by Crippen LogP contribution is 2.38. The van der Waals surface area contributed by atoms with E-state index in [0.717, 1.165) is 38.5 Å². The summed E-state index contributed by atoms with van der Waals surface area (Å²) in [5.41, 5.74) is 5.05. The lowest BCUT2D eigenvalue weighted by atomic mass is 9.80. The van der Waals surface area contributed by atoms with E-state index in [1.807, 2.05) is 11.0 Å². The first-order valence-corrected chi connectivity index (χ1v) is 7.92. The molecule has 2 heterocycles. The lowest BCUT2D eigenvalue weighted by molar-refractivity contribution is 0.0568. The molecule has 1 aromatic rings. The van der Waals surface area contributed by atoms with E-state index in [0.29, 0.717) is 31.8 Å². The molecular formula is C15H23FN6. The van der Waals surface area contributed by atoms with E-state index in [1.54, 1.807) is 12.4 Å². The third-order valence-corrected chi connectivity index (χ3v) is 4.52. The molecule has 22 heavy (non-hydrogen) atoms. The minimum atomic E-state index is -0.979. The summed E-state index contributed by atoms with van der Waals surface area (Å²) in [6.45, 7) is 3.67. The predicted molar refractivity (Wildman–Crippen MR) is 84.6 cm³/mol.